The Bertz CT molecular complexity index is 422. The van der Waals surface area contributed by atoms with Crippen LogP contribution in [0.3, 0.4) is 0 Å². The molecule has 1 N–H and O–H groups in total. The number of thiazole rings is 1. The van der Waals surface area contributed by atoms with Gasteiger partial charge in [0.25, 0.3) is 0 Å². The van der Waals surface area contributed by atoms with Gasteiger partial charge in [0.05, 0.1) is 15.2 Å². The van der Waals surface area contributed by atoms with Gasteiger partial charge in [0.15, 0.2) is 0 Å². The molecule has 0 bridgehead atoms. The first-order chi connectivity index (χ1) is 6.29. The van der Waals surface area contributed by atoms with E-state index in [9.17, 15) is 0 Å². The fourth-order valence-electron chi connectivity index (χ4n) is 1.29. The van der Waals surface area contributed by atoms with Crippen molar-refractivity contribution < 1.29 is 5.11 Å². The van der Waals surface area contributed by atoms with Gasteiger partial charge in [-0.2, -0.15) is 0 Å². The SMILES string of the molecule is Cc1ccc2sc(CCO)nc2c1. The lowest BCUT2D eigenvalue weighted by atomic mass is 10.2. The highest BCUT2D eigenvalue weighted by molar-refractivity contribution is 7.18. The van der Waals surface area contributed by atoms with Gasteiger partial charge in [0.2, 0.25) is 0 Å². The molecule has 1 aromatic carbocycles. The molecule has 2 rings (SSSR count). The Morgan fingerprint density at radius 3 is 3.08 bits per heavy atom. The Kier molecular flexibility index (Phi) is 2.29. The Morgan fingerprint density at radius 1 is 1.46 bits per heavy atom. The quantitative estimate of drug-likeness (QED) is 0.792. The molecule has 0 saturated heterocycles. The molecule has 1 aromatic heterocycles. The van der Waals surface area contributed by atoms with Gasteiger partial charge < -0.3 is 5.11 Å². The number of nitrogens with zero attached hydrogens (tertiary/aromatic N) is 1. The molecule has 2 nitrogen and oxygen atoms in total. The first kappa shape index (κ1) is 8.66. The summed E-state index contributed by atoms with van der Waals surface area (Å²) in [6, 6.07) is 6.25. The zero-order valence-electron chi connectivity index (χ0n) is 7.45. The second kappa shape index (κ2) is 3.44. The van der Waals surface area contributed by atoms with Crippen LogP contribution in [0.1, 0.15) is 10.6 Å². The van der Waals surface area contributed by atoms with Crippen LogP contribution in [0.4, 0.5) is 0 Å². The number of hydrogen-bond donors (Lipinski definition) is 1. The predicted molar refractivity (Wildman–Crippen MR) is 55.1 cm³/mol. The van der Waals surface area contributed by atoms with E-state index in [4.69, 9.17) is 5.11 Å². The maximum absolute atomic E-state index is 8.77. The van der Waals surface area contributed by atoms with Crippen LogP contribution in [-0.2, 0) is 6.42 Å². The summed E-state index contributed by atoms with van der Waals surface area (Å²) in [6.07, 6.45) is 0.665. The van der Waals surface area contributed by atoms with Crippen LogP contribution in [0.15, 0.2) is 18.2 Å². The third kappa shape index (κ3) is 1.71. The normalized spacial score (nSPS) is 10.9. The molecular formula is C10H11NOS. The lowest BCUT2D eigenvalue weighted by Crippen LogP contribution is -1.87. The number of aliphatic hydroxyl groups is 1. The van der Waals surface area contributed by atoms with Crippen LogP contribution in [0.2, 0.25) is 0 Å². The highest BCUT2D eigenvalue weighted by atomic mass is 32.1. The van der Waals surface area contributed by atoms with E-state index in [1.54, 1.807) is 11.3 Å². The molecule has 0 aliphatic carbocycles. The number of aliphatic hydroxyl groups excluding tert-OH is 1. The Morgan fingerprint density at radius 2 is 2.31 bits per heavy atom. The van der Waals surface area contributed by atoms with Crippen molar-refractivity contribution in [3.05, 3.63) is 28.8 Å². The van der Waals surface area contributed by atoms with Crippen molar-refractivity contribution in [2.45, 2.75) is 13.3 Å². The first-order valence-corrected chi connectivity index (χ1v) is 5.08. The monoisotopic (exact) mass is 193 g/mol. The van der Waals surface area contributed by atoms with Crippen LogP contribution in [0.25, 0.3) is 10.2 Å². The van der Waals surface area contributed by atoms with Crippen molar-refractivity contribution in [1.82, 2.24) is 4.98 Å². The standard InChI is InChI=1S/C10H11NOS/c1-7-2-3-9-8(6-7)11-10(13-9)4-5-12/h2-3,6,12H,4-5H2,1H3. The first-order valence-electron chi connectivity index (χ1n) is 4.26. The fourth-order valence-corrected chi connectivity index (χ4v) is 2.22. The van der Waals surface area contributed by atoms with Gasteiger partial charge in [-0.1, -0.05) is 6.07 Å². The highest BCUT2D eigenvalue weighted by Gasteiger charge is 2.02. The molecule has 3 heteroatoms. The molecule has 0 spiro atoms. The number of benzene rings is 1. The molecule has 0 unspecified atom stereocenters. The van der Waals surface area contributed by atoms with E-state index in [1.807, 2.05) is 0 Å². The molecule has 2 aromatic rings. The van der Waals surface area contributed by atoms with E-state index in [1.165, 1.54) is 10.3 Å². The Hall–Kier alpha value is -0.930. The smallest absolute Gasteiger partial charge is 0.0961 e. The molecule has 0 saturated carbocycles. The average molecular weight is 193 g/mol. The number of aromatic nitrogens is 1. The molecule has 0 aliphatic heterocycles. The van der Waals surface area contributed by atoms with E-state index in [0.29, 0.717) is 6.42 Å². The lowest BCUT2D eigenvalue weighted by molar-refractivity contribution is 0.299. The summed E-state index contributed by atoms with van der Waals surface area (Å²) < 4.78 is 1.20. The Labute approximate surface area is 80.9 Å². The van der Waals surface area contributed by atoms with Crippen LogP contribution in [0, 0.1) is 6.92 Å². The molecule has 0 amide bonds. The second-order valence-corrected chi connectivity index (χ2v) is 4.17. The molecule has 68 valence electrons. The van der Waals surface area contributed by atoms with Gasteiger partial charge in [0, 0.05) is 13.0 Å². The minimum absolute atomic E-state index is 0.179. The highest BCUT2D eigenvalue weighted by Crippen LogP contribution is 2.22. The maximum atomic E-state index is 8.77. The molecule has 0 fully saturated rings. The van der Waals surface area contributed by atoms with E-state index in [-0.39, 0.29) is 6.61 Å². The lowest BCUT2D eigenvalue weighted by Gasteiger charge is -1.88. The van der Waals surface area contributed by atoms with Gasteiger partial charge in [-0.3, -0.25) is 0 Å². The second-order valence-electron chi connectivity index (χ2n) is 3.05. The topological polar surface area (TPSA) is 33.1 Å². The van der Waals surface area contributed by atoms with Crippen LogP contribution >= 0.6 is 11.3 Å². The number of hydrogen-bond acceptors (Lipinski definition) is 3. The molecule has 1 heterocycles. The number of aryl methyl sites for hydroxylation is 1. The van der Waals surface area contributed by atoms with Crippen molar-refractivity contribution in [3.8, 4) is 0 Å². The third-order valence-corrected chi connectivity index (χ3v) is 3.01. The summed E-state index contributed by atoms with van der Waals surface area (Å²) in [5.41, 5.74) is 2.28. The summed E-state index contributed by atoms with van der Waals surface area (Å²) in [5, 5.41) is 9.78. The largest absolute Gasteiger partial charge is 0.396 e. The minimum atomic E-state index is 0.179. The van der Waals surface area contributed by atoms with Crippen molar-refractivity contribution in [2.24, 2.45) is 0 Å². The number of rotatable bonds is 2. The van der Waals surface area contributed by atoms with Crippen LogP contribution in [-0.4, -0.2) is 16.7 Å². The van der Waals surface area contributed by atoms with E-state index < -0.39 is 0 Å². The van der Waals surface area contributed by atoms with Crippen LogP contribution in [0.5, 0.6) is 0 Å². The minimum Gasteiger partial charge on any atom is -0.396 e. The zero-order valence-corrected chi connectivity index (χ0v) is 8.27. The van der Waals surface area contributed by atoms with Crippen molar-refractivity contribution in [1.29, 1.82) is 0 Å². The van der Waals surface area contributed by atoms with Crippen LogP contribution < -0.4 is 0 Å². The van der Waals surface area contributed by atoms with Gasteiger partial charge in [-0.25, -0.2) is 4.98 Å². The van der Waals surface area contributed by atoms with E-state index in [2.05, 4.69) is 30.1 Å². The molecular weight excluding hydrogens is 182 g/mol. The Balaban J connectivity index is 2.49. The van der Waals surface area contributed by atoms with Crippen molar-refractivity contribution in [2.75, 3.05) is 6.61 Å². The van der Waals surface area contributed by atoms with E-state index in [0.717, 1.165) is 10.5 Å². The van der Waals surface area contributed by atoms with Gasteiger partial charge in [-0.15, -0.1) is 11.3 Å². The molecule has 0 radical (unpaired) electrons. The molecule has 0 atom stereocenters. The summed E-state index contributed by atoms with van der Waals surface area (Å²) in [5.74, 6) is 0. The summed E-state index contributed by atoms with van der Waals surface area (Å²) in [6.45, 7) is 2.24. The fraction of sp³-hybridized carbons (Fsp3) is 0.300. The molecule has 13 heavy (non-hydrogen) atoms. The third-order valence-electron chi connectivity index (χ3n) is 1.91. The van der Waals surface area contributed by atoms with Crippen molar-refractivity contribution in [3.63, 3.8) is 0 Å². The predicted octanol–water partition coefficient (Wildman–Crippen LogP) is 2.14. The number of fused-ring (bicyclic) bond motifs is 1. The van der Waals surface area contributed by atoms with Gasteiger partial charge in [0.1, 0.15) is 0 Å². The maximum Gasteiger partial charge on any atom is 0.0961 e. The van der Waals surface area contributed by atoms with Gasteiger partial charge >= 0.3 is 0 Å². The van der Waals surface area contributed by atoms with E-state index >= 15 is 0 Å². The van der Waals surface area contributed by atoms with Crippen molar-refractivity contribution >= 4 is 21.6 Å². The average Bonchev–Trinajstić information content (AvgIpc) is 2.46. The van der Waals surface area contributed by atoms with Gasteiger partial charge in [-0.05, 0) is 24.6 Å². The molecule has 0 aliphatic rings. The summed E-state index contributed by atoms with van der Waals surface area (Å²) >= 11 is 1.66. The summed E-state index contributed by atoms with van der Waals surface area (Å²) in [4.78, 5) is 4.42. The summed E-state index contributed by atoms with van der Waals surface area (Å²) in [7, 11) is 0. The zero-order chi connectivity index (χ0) is 9.26.